The van der Waals surface area contributed by atoms with Crippen LogP contribution in [0, 0.1) is 0 Å². The van der Waals surface area contributed by atoms with Gasteiger partial charge in [-0.15, -0.1) is 0 Å². The lowest BCUT2D eigenvalue weighted by molar-refractivity contribution is 0.0972. The molecule has 2 aliphatic heterocycles. The van der Waals surface area contributed by atoms with Crippen LogP contribution in [0.15, 0.2) is 36.9 Å². The van der Waals surface area contributed by atoms with E-state index in [-0.39, 0.29) is 0 Å². The lowest BCUT2D eigenvalue weighted by atomic mass is 9.95. The third-order valence-corrected chi connectivity index (χ3v) is 3.99. The zero-order chi connectivity index (χ0) is 13.1. The zero-order valence-corrected chi connectivity index (χ0v) is 11.2. The van der Waals surface area contributed by atoms with Crippen molar-refractivity contribution in [3.63, 3.8) is 0 Å². The Hall–Kier alpha value is -1.32. The van der Waals surface area contributed by atoms with Gasteiger partial charge in [-0.25, -0.2) is 0 Å². The average molecular weight is 259 g/mol. The second kappa shape index (κ2) is 5.76. The first-order valence-corrected chi connectivity index (χ1v) is 7.07. The van der Waals surface area contributed by atoms with Crippen LogP contribution in [-0.2, 0) is 11.3 Å². The summed E-state index contributed by atoms with van der Waals surface area (Å²) in [6.45, 7) is 5.07. The molecule has 0 spiro atoms. The Kier molecular flexibility index (Phi) is 3.85. The van der Waals surface area contributed by atoms with E-state index in [1.54, 1.807) is 6.08 Å². The second-order valence-electron chi connectivity index (χ2n) is 5.30. The minimum atomic E-state index is 0.422. The number of nitrogens with one attached hydrogen (secondary N) is 1. The number of benzene rings is 1. The van der Waals surface area contributed by atoms with Gasteiger partial charge in [0.05, 0.1) is 12.2 Å². The predicted molar refractivity (Wildman–Crippen MR) is 75.3 cm³/mol. The molecule has 1 aromatic carbocycles. The maximum atomic E-state index is 5.86. The van der Waals surface area contributed by atoms with E-state index in [9.17, 15) is 0 Å². The van der Waals surface area contributed by atoms with Crippen molar-refractivity contribution in [1.82, 2.24) is 5.32 Å². The molecule has 3 heteroatoms. The largest absolute Gasteiger partial charge is 0.489 e. The van der Waals surface area contributed by atoms with Crippen molar-refractivity contribution in [2.75, 3.05) is 6.61 Å². The third-order valence-electron chi connectivity index (χ3n) is 3.99. The number of rotatable bonds is 6. The number of fused-ring (bicyclic) bond motifs is 2. The van der Waals surface area contributed by atoms with E-state index in [0.717, 1.165) is 18.7 Å². The van der Waals surface area contributed by atoms with Gasteiger partial charge in [0.1, 0.15) is 12.4 Å². The van der Waals surface area contributed by atoms with Crippen LogP contribution in [0.5, 0.6) is 5.75 Å². The molecule has 1 N–H and O–H groups in total. The Morgan fingerprint density at radius 1 is 1.37 bits per heavy atom. The van der Waals surface area contributed by atoms with Crippen LogP contribution in [0.4, 0.5) is 0 Å². The molecule has 3 unspecified atom stereocenters. The zero-order valence-electron chi connectivity index (χ0n) is 11.2. The van der Waals surface area contributed by atoms with Gasteiger partial charge in [0.15, 0.2) is 0 Å². The van der Waals surface area contributed by atoms with Crippen molar-refractivity contribution < 1.29 is 9.47 Å². The molecule has 2 bridgehead atoms. The Balaban J connectivity index is 1.58. The van der Waals surface area contributed by atoms with Crippen molar-refractivity contribution in [3.05, 3.63) is 42.5 Å². The first-order chi connectivity index (χ1) is 9.36. The van der Waals surface area contributed by atoms with Crippen LogP contribution in [0.3, 0.4) is 0 Å². The molecule has 2 fully saturated rings. The Bertz CT molecular complexity index is 446. The van der Waals surface area contributed by atoms with Gasteiger partial charge in [-0.3, -0.25) is 0 Å². The van der Waals surface area contributed by atoms with Gasteiger partial charge in [0, 0.05) is 18.2 Å². The normalized spacial score (nSPS) is 28.5. The highest BCUT2D eigenvalue weighted by atomic mass is 16.5. The van der Waals surface area contributed by atoms with Gasteiger partial charge in [0.2, 0.25) is 0 Å². The molecule has 2 heterocycles. The van der Waals surface area contributed by atoms with Crippen LogP contribution in [0.2, 0.25) is 0 Å². The fraction of sp³-hybridized carbons (Fsp3) is 0.500. The van der Waals surface area contributed by atoms with Crippen molar-refractivity contribution in [2.45, 2.75) is 44.1 Å². The quantitative estimate of drug-likeness (QED) is 0.797. The van der Waals surface area contributed by atoms with E-state index in [4.69, 9.17) is 9.47 Å². The summed E-state index contributed by atoms with van der Waals surface area (Å²) in [7, 11) is 0. The Morgan fingerprint density at radius 3 is 3.00 bits per heavy atom. The van der Waals surface area contributed by atoms with E-state index in [1.807, 2.05) is 12.1 Å². The molecule has 3 nitrogen and oxygen atoms in total. The van der Waals surface area contributed by atoms with Gasteiger partial charge < -0.3 is 14.8 Å². The third kappa shape index (κ3) is 2.82. The van der Waals surface area contributed by atoms with Crippen LogP contribution >= 0.6 is 0 Å². The lowest BCUT2D eigenvalue weighted by Gasteiger charge is -2.21. The lowest BCUT2D eigenvalue weighted by Crippen LogP contribution is -2.37. The van der Waals surface area contributed by atoms with Crippen LogP contribution in [-0.4, -0.2) is 24.9 Å². The molecule has 3 atom stereocenters. The fourth-order valence-corrected chi connectivity index (χ4v) is 3.03. The predicted octanol–water partition coefficient (Wildman–Crippen LogP) is 2.66. The fourth-order valence-electron chi connectivity index (χ4n) is 3.03. The molecule has 19 heavy (non-hydrogen) atoms. The molecule has 2 saturated heterocycles. The van der Waals surface area contributed by atoms with Crippen molar-refractivity contribution in [3.8, 4) is 5.75 Å². The summed E-state index contributed by atoms with van der Waals surface area (Å²) in [5.41, 5.74) is 1.20. The van der Waals surface area contributed by atoms with Gasteiger partial charge in [-0.2, -0.15) is 0 Å². The summed E-state index contributed by atoms with van der Waals surface area (Å²) >= 11 is 0. The summed E-state index contributed by atoms with van der Waals surface area (Å²) in [4.78, 5) is 0. The smallest absolute Gasteiger partial charge is 0.124 e. The SMILES string of the molecule is C=CCOc1ccccc1CNC1CC2CCC1O2. The minimum absolute atomic E-state index is 0.422. The van der Waals surface area contributed by atoms with Crippen LogP contribution in [0.1, 0.15) is 24.8 Å². The van der Waals surface area contributed by atoms with Gasteiger partial charge in [0.25, 0.3) is 0 Å². The van der Waals surface area contributed by atoms with Crippen LogP contribution in [0.25, 0.3) is 0 Å². The molecule has 1 aromatic rings. The summed E-state index contributed by atoms with van der Waals surface area (Å²) in [5.74, 6) is 0.943. The second-order valence-corrected chi connectivity index (χ2v) is 5.30. The molecule has 102 valence electrons. The molecule has 0 radical (unpaired) electrons. The highest BCUT2D eigenvalue weighted by Gasteiger charge is 2.40. The van der Waals surface area contributed by atoms with Gasteiger partial charge in [-0.05, 0) is 25.3 Å². The molecule has 2 aliphatic rings. The molecule has 3 rings (SSSR count). The van der Waals surface area contributed by atoms with Gasteiger partial charge >= 0.3 is 0 Å². The first kappa shape index (κ1) is 12.7. The van der Waals surface area contributed by atoms with Crippen molar-refractivity contribution >= 4 is 0 Å². The Labute approximate surface area is 114 Å². The molecular weight excluding hydrogens is 238 g/mol. The highest BCUT2D eigenvalue weighted by molar-refractivity contribution is 5.33. The molecular formula is C16H21NO2. The van der Waals surface area contributed by atoms with Crippen molar-refractivity contribution in [1.29, 1.82) is 0 Å². The van der Waals surface area contributed by atoms with Crippen molar-refractivity contribution in [2.24, 2.45) is 0 Å². The van der Waals surface area contributed by atoms with Gasteiger partial charge in [-0.1, -0.05) is 30.9 Å². The Morgan fingerprint density at radius 2 is 2.26 bits per heavy atom. The molecule has 0 aliphatic carbocycles. The summed E-state index contributed by atoms with van der Waals surface area (Å²) in [6, 6.07) is 8.68. The average Bonchev–Trinajstić information content (AvgIpc) is 3.06. The monoisotopic (exact) mass is 259 g/mol. The standard InChI is InChI=1S/C16H21NO2/c1-2-9-18-15-6-4-3-5-12(15)11-17-14-10-13-7-8-16(14)19-13/h2-6,13-14,16-17H,1,7-11H2. The van der Waals surface area contributed by atoms with E-state index >= 15 is 0 Å². The molecule has 0 saturated carbocycles. The highest BCUT2D eigenvalue weighted by Crippen LogP contribution is 2.34. The number of para-hydroxylation sites is 1. The summed E-state index contributed by atoms with van der Waals surface area (Å²) < 4.78 is 11.5. The van der Waals surface area contributed by atoms with Crippen LogP contribution < -0.4 is 10.1 Å². The number of hydrogen-bond donors (Lipinski definition) is 1. The number of ether oxygens (including phenoxy) is 2. The number of hydrogen-bond acceptors (Lipinski definition) is 3. The van der Waals surface area contributed by atoms with E-state index in [2.05, 4.69) is 24.0 Å². The summed E-state index contributed by atoms with van der Waals surface area (Å²) in [5, 5.41) is 3.62. The minimum Gasteiger partial charge on any atom is -0.489 e. The van der Waals surface area contributed by atoms with E-state index < -0.39 is 0 Å². The first-order valence-electron chi connectivity index (χ1n) is 7.07. The topological polar surface area (TPSA) is 30.5 Å². The maximum Gasteiger partial charge on any atom is 0.124 e. The van der Waals surface area contributed by atoms with E-state index in [0.29, 0.717) is 24.9 Å². The summed E-state index contributed by atoms with van der Waals surface area (Å²) in [6.07, 6.45) is 6.29. The van der Waals surface area contributed by atoms with E-state index in [1.165, 1.54) is 18.4 Å². The molecule has 0 aromatic heterocycles. The molecule has 0 amide bonds. The maximum absolute atomic E-state index is 5.86.